The first-order valence-corrected chi connectivity index (χ1v) is 6.78. The van der Waals surface area contributed by atoms with Crippen LogP contribution in [0.5, 0.6) is 0 Å². The third kappa shape index (κ3) is 1.72. The van der Waals surface area contributed by atoms with Crippen molar-refractivity contribution in [3.05, 3.63) is 47.5 Å². The molecule has 4 nitrogen and oxygen atoms in total. The van der Waals surface area contributed by atoms with Crippen LogP contribution in [0, 0.1) is 6.92 Å². The summed E-state index contributed by atoms with van der Waals surface area (Å²) in [6, 6.07) is 8.32. The van der Waals surface area contributed by atoms with E-state index in [1.165, 1.54) is 12.7 Å². The highest BCUT2D eigenvalue weighted by Crippen LogP contribution is 2.59. The Morgan fingerprint density at radius 3 is 2.60 bits per heavy atom. The molecular formula is C16H19NO3. The fraction of sp³-hybridized carbons (Fsp3) is 0.438. The normalized spacial score (nSPS) is 34.5. The fourth-order valence-electron chi connectivity index (χ4n) is 3.26. The fourth-order valence-corrected chi connectivity index (χ4v) is 3.26. The van der Waals surface area contributed by atoms with Crippen LogP contribution in [0.4, 0.5) is 0 Å². The van der Waals surface area contributed by atoms with Gasteiger partial charge in [0, 0.05) is 7.11 Å². The van der Waals surface area contributed by atoms with Crippen LogP contribution in [0.1, 0.15) is 23.6 Å². The molecule has 106 valence electrons. The van der Waals surface area contributed by atoms with E-state index in [9.17, 15) is 4.79 Å². The van der Waals surface area contributed by atoms with Gasteiger partial charge in [0.05, 0.1) is 13.2 Å². The first kappa shape index (κ1) is 13.3. The number of hydrogen-bond donors (Lipinski definition) is 0. The Kier molecular flexibility index (Phi) is 3.15. The third-order valence-electron chi connectivity index (χ3n) is 4.30. The number of esters is 1. The van der Waals surface area contributed by atoms with Crippen LogP contribution in [0.2, 0.25) is 0 Å². The SMILES string of the molecule is COC(=O)[C@@]12CC=C[C@H](OC)N1[C@H]2c1ccc(C)cc1. The van der Waals surface area contributed by atoms with E-state index >= 15 is 0 Å². The number of fused-ring (bicyclic) bond motifs is 1. The smallest absolute Gasteiger partial charge is 0.328 e. The number of aryl methyl sites for hydroxylation is 1. The van der Waals surface area contributed by atoms with Crippen molar-refractivity contribution in [2.45, 2.75) is 31.2 Å². The molecule has 1 saturated heterocycles. The lowest BCUT2D eigenvalue weighted by atomic mass is 9.94. The molecule has 0 aliphatic carbocycles. The van der Waals surface area contributed by atoms with Gasteiger partial charge in [0.2, 0.25) is 0 Å². The van der Waals surface area contributed by atoms with Crippen LogP contribution >= 0.6 is 0 Å². The number of nitrogens with zero attached hydrogens (tertiary/aromatic N) is 1. The molecule has 20 heavy (non-hydrogen) atoms. The summed E-state index contributed by atoms with van der Waals surface area (Å²) in [6.45, 7) is 2.06. The maximum atomic E-state index is 12.3. The molecule has 0 amide bonds. The molecular weight excluding hydrogens is 254 g/mol. The number of rotatable bonds is 3. The molecule has 4 heteroatoms. The first-order valence-electron chi connectivity index (χ1n) is 6.78. The van der Waals surface area contributed by atoms with E-state index in [0.717, 1.165) is 5.56 Å². The minimum atomic E-state index is -0.598. The molecule has 0 radical (unpaired) electrons. The van der Waals surface area contributed by atoms with Crippen LogP contribution in [-0.2, 0) is 14.3 Å². The molecule has 3 rings (SSSR count). The van der Waals surface area contributed by atoms with Crippen molar-refractivity contribution in [1.29, 1.82) is 0 Å². The first-order chi connectivity index (χ1) is 9.65. The largest absolute Gasteiger partial charge is 0.468 e. The summed E-state index contributed by atoms with van der Waals surface area (Å²) in [4.78, 5) is 14.4. The third-order valence-corrected chi connectivity index (χ3v) is 4.30. The zero-order chi connectivity index (χ0) is 14.3. The molecule has 0 N–H and O–H groups in total. The molecule has 0 bridgehead atoms. The molecule has 1 aromatic carbocycles. The Hall–Kier alpha value is -1.65. The summed E-state index contributed by atoms with van der Waals surface area (Å²) in [7, 11) is 3.10. The minimum absolute atomic E-state index is 0.0236. The second kappa shape index (κ2) is 4.72. The zero-order valence-corrected chi connectivity index (χ0v) is 12.0. The van der Waals surface area contributed by atoms with E-state index in [2.05, 4.69) is 36.1 Å². The molecule has 1 aromatic rings. The van der Waals surface area contributed by atoms with Crippen molar-refractivity contribution in [1.82, 2.24) is 4.90 Å². The van der Waals surface area contributed by atoms with Gasteiger partial charge in [-0.1, -0.05) is 35.9 Å². The monoisotopic (exact) mass is 273 g/mol. The summed E-state index contributed by atoms with van der Waals surface area (Å²) in [5.41, 5.74) is 1.74. The van der Waals surface area contributed by atoms with E-state index in [1.807, 2.05) is 12.2 Å². The van der Waals surface area contributed by atoms with Gasteiger partial charge in [0.15, 0.2) is 0 Å². The van der Waals surface area contributed by atoms with Gasteiger partial charge in [0.1, 0.15) is 11.8 Å². The van der Waals surface area contributed by atoms with Crippen LogP contribution in [0.3, 0.4) is 0 Å². The number of benzene rings is 1. The second-order valence-electron chi connectivity index (χ2n) is 5.39. The maximum absolute atomic E-state index is 12.3. The van der Waals surface area contributed by atoms with Gasteiger partial charge in [-0.3, -0.25) is 0 Å². The second-order valence-corrected chi connectivity index (χ2v) is 5.39. The molecule has 2 aliphatic rings. The highest BCUT2D eigenvalue weighted by atomic mass is 16.5. The topological polar surface area (TPSA) is 38.5 Å². The lowest BCUT2D eigenvalue weighted by molar-refractivity contribution is -0.146. The summed E-state index contributed by atoms with van der Waals surface area (Å²) in [5.74, 6) is -0.186. The number of methoxy groups -OCH3 is 2. The predicted molar refractivity (Wildman–Crippen MR) is 75.1 cm³/mol. The lowest BCUT2D eigenvalue weighted by Crippen LogP contribution is -2.37. The van der Waals surface area contributed by atoms with Crippen molar-refractivity contribution < 1.29 is 14.3 Å². The van der Waals surface area contributed by atoms with Gasteiger partial charge >= 0.3 is 5.97 Å². The standard InChI is InChI=1S/C16H19NO3/c1-11-6-8-12(9-7-11)14-16(15(18)20-3)10-4-5-13(19-2)17(14)16/h4-9,13-14H,10H2,1-3H3/t13-,14-,16-,17?/m0/s1. The zero-order valence-electron chi connectivity index (χ0n) is 12.0. The Balaban J connectivity index is 1.99. The van der Waals surface area contributed by atoms with Crippen molar-refractivity contribution in [2.75, 3.05) is 14.2 Å². The number of ether oxygens (including phenoxy) is 2. The van der Waals surface area contributed by atoms with E-state index in [-0.39, 0.29) is 18.2 Å². The maximum Gasteiger partial charge on any atom is 0.328 e. The van der Waals surface area contributed by atoms with Gasteiger partial charge in [-0.25, -0.2) is 9.69 Å². The van der Waals surface area contributed by atoms with Gasteiger partial charge in [-0.15, -0.1) is 0 Å². The van der Waals surface area contributed by atoms with Gasteiger partial charge in [0.25, 0.3) is 0 Å². The minimum Gasteiger partial charge on any atom is -0.468 e. The summed E-state index contributed by atoms with van der Waals surface area (Å²) >= 11 is 0. The lowest BCUT2D eigenvalue weighted by Gasteiger charge is -2.22. The van der Waals surface area contributed by atoms with Crippen LogP contribution in [0.25, 0.3) is 0 Å². The Bertz CT molecular complexity index is 551. The molecule has 1 fully saturated rings. The highest BCUT2D eigenvalue weighted by Gasteiger charge is 2.71. The molecule has 0 spiro atoms. The molecule has 4 atom stereocenters. The molecule has 2 heterocycles. The van der Waals surface area contributed by atoms with Crippen LogP contribution < -0.4 is 0 Å². The van der Waals surface area contributed by atoms with Crippen molar-refractivity contribution in [3.63, 3.8) is 0 Å². The van der Waals surface area contributed by atoms with Gasteiger partial charge in [-0.05, 0) is 25.0 Å². The van der Waals surface area contributed by atoms with Gasteiger partial charge < -0.3 is 9.47 Å². The number of carbonyl (C=O) groups excluding carboxylic acids is 1. The van der Waals surface area contributed by atoms with Crippen molar-refractivity contribution in [2.24, 2.45) is 0 Å². The Morgan fingerprint density at radius 2 is 2.00 bits per heavy atom. The van der Waals surface area contributed by atoms with Crippen molar-refractivity contribution in [3.8, 4) is 0 Å². The number of carbonyl (C=O) groups is 1. The quantitative estimate of drug-likeness (QED) is 0.481. The Labute approximate surface area is 119 Å². The van der Waals surface area contributed by atoms with E-state index in [4.69, 9.17) is 9.47 Å². The summed E-state index contributed by atoms with van der Waals surface area (Å²) < 4.78 is 10.5. The predicted octanol–water partition coefficient (Wildman–Crippen LogP) is 2.20. The molecule has 0 saturated carbocycles. The molecule has 2 aliphatic heterocycles. The average molecular weight is 273 g/mol. The van der Waals surface area contributed by atoms with E-state index in [1.54, 1.807) is 7.11 Å². The molecule has 0 aromatic heterocycles. The number of hydrogen-bond acceptors (Lipinski definition) is 4. The molecule has 1 unspecified atom stereocenters. The summed E-state index contributed by atoms with van der Waals surface area (Å²) in [5, 5.41) is 0. The van der Waals surface area contributed by atoms with Crippen LogP contribution in [-0.4, -0.2) is 36.9 Å². The average Bonchev–Trinajstić information content (AvgIpc) is 3.17. The highest BCUT2D eigenvalue weighted by molar-refractivity contribution is 5.87. The van der Waals surface area contributed by atoms with Gasteiger partial charge in [-0.2, -0.15) is 0 Å². The van der Waals surface area contributed by atoms with E-state index < -0.39 is 5.54 Å². The van der Waals surface area contributed by atoms with E-state index in [0.29, 0.717) is 6.42 Å². The van der Waals surface area contributed by atoms with Crippen LogP contribution in [0.15, 0.2) is 36.4 Å². The summed E-state index contributed by atoms with van der Waals surface area (Å²) in [6.07, 6.45) is 4.50. The van der Waals surface area contributed by atoms with Crippen molar-refractivity contribution >= 4 is 5.97 Å². The Morgan fingerprint density at radius 1 is 1.30 bits per heavy atom.